The minimum atomic E-state index is -0.440. The van der Waals surface area contributed by atoms with Gasteiger partial charge in [-0.2, -0.15) is 0 Å². The van der Waals surface area contributed by atoms with Crippen LogP contribution in [0.25, 0.3) is 0 Å². The van der Waals surface area contributed by atoms with Crippen molar-refractivity contribution in [2.45, 2.75) is 33.3 Å². The van der Waals surface area contributed by atoms with Gasteiger partial charge in [0, 0.05) is 10.2 Å². The van der Waals surface area contributed by atoms with Gasteiger partial charge in [0.15, 0.2) is 10.9 Å². The molecule has 0 aliphatic carbocycles. The standard InChI is InChI=1S/C23H24BrN3O3S/c1-14(2)19-10-4-15(3)12-21(19)29-13-18-9-11-20(30-18)22(28)26-27-23(31)25-17-7-5-16(24)6-8-17/h4-12,14H,13H2,1-3H3,(H,26,28)(H2,25,27,31). The number of furan rings is 1. The van der Waals surface area contributed by atoms with E-state index in [-0.39, 0.29) is 17.5 Å². The Balaban J connectivity index is 1.52. The van der Waals surface area contributed by atoms with Crippen molar-refractivity contribution in [3.05, 3.63) is 81.7 Å². The first-order valence-corrected chi connectivity index (χ1v) is 11.0. The molecule has 3 N–H and O–H groups in total. The molecule has 6 nitrogen and oxygen atoms in total. The normalized spacial score (nSPS) is 10.6. The summed E-state index contributed by atoms with van der Waals surface area (Å²) in [5.41, 5.74) is 8.22. The molecule has 8 heteroatoms. The predicted molar refractivity (Wildman–Crippen MR) is 129 cm³/mol. The molecule has 1 amide bonds. The van der Waals surface area contributed by atoms with Gasteiger partial charge in [-0.3, -0.25) is 15.6 Å². The number of hydrogen-bond donors (Lipinski definition) is 3. The molecule has 0 fully saturated rings. The molecular weight excluding hydrogens is 478 g/mol. The lowest BCUT2D eigenvalue weighted by Gasteiger charge is -2.14. The topological polar surface area (TPSA) is 75.5 Å². The number of halogens is 1. The van der Waals surface area contributed by atoms with Gasteiger partial charge in [-0.1, -0.05) is 41.9 Å². The third-order valence-corrected chi connectivity index (χ3v) is 5.17. The Bertz CT molecular complexity index is 1060. The first-order valence-electron chi connectivity index (χ1n) is 9.77. The van der Waals surface area contributed by atoms with E-state index in [2.05, 4.69) is 58.1 Å². The van der Waals surface area contributed by atoms with Gasteiger partial charge >= 0.3 is 5.91 Å². The summed E-state index contributed by atoms with van der Waals surface area (Å²) in [4.78, 5) is 12.3. The van der Waals surface area contributed by atoms with Gasteiger partial charge in [0.25, 0.3) is 0 Å². The van der Waals surface area contributed by atoms with E-state index in [4.69, 9.17) is 21.4 Å². The number of hydrogen-bond acceptors (Lipinski definition) is 4. The van der Waals surface area contributed by atoms with Crippen LogP contribution >= 0.6 is 28.1 Å². The SMILES string of the molecule is Cc1ccc(C(C)C)c(OCc2ccc(C(=O)NNC(=S)Nc3ccc(Br)cc3)o2)c1. The van der Waals surface area contributed by atoms with E-state index in [0.29, 0.717) is 11.7 Å². The smallest absolute Gasteiger partial charge is 0.305 e. The Morgan fingerprint density at radius 1 is 1.10 bits per heavy atom. The van der Waals surface area contributed by atoms with Crippen molar-refractivity contribution >= 4 is 44.9 Å². The molecular formula is C23H24BrN3O3S. The summed E-state index contributed by atoms with van der Waals surface area (Å²) in [6.45, 7) is 6.49. The monoisotopic (exact) mass is 501 g/mol. The van der Waals surface area contributed by atoms with E-state index < -0.39 is 5.91 Å². The Morgan fingerprint density at radius 3 is 2.55 bits per heavy atom. The number of carbonyl (C=O) groups excluding carboxylic acids is 1. The van der Waals surface area contributed by atoms with Crippen LogP contribution in [0.1, 0.15) is 47.2 Å². The van der Waals surface area contributed by atoms with Crippen molar-refractivity contribution in [2.75, 3.05) is 5.32 Å². The summed E-state index contributed by atoms with van der Waals surface area (Å²) in [5, 5.41) is 3.23. The van der Waals surface area contributed by atoms with Crippen molar-refractivity contribution < 1.29 is 13.9 Å². The molecule has 162 valence electrons. The van der Waals surface area contributed by atoms with Gasteiger partial charge in [-0.05, 0) is 78.7 Å². The Kier molecular flexibility index (Phi) is 7.70. The molecule has 31 heavy (non-hydrogen) atoms. The molecule has 2 aromatic carbocycles. The van der Waals surface area contributed by atoms with E-state index in [9.17, 15) is 4.79 Å². The van der Waals surface area contributed by atoms with Crippen LogP contribution in [-0.4, -0.2) is 11.0 Å². The highest BCUT2D eigenvalue weighted by atomic mass is 79.9. The van der Waals surface area contributed by atoms with Crippen LogP contribution < -0.4 is 20.9 Å². The average molecular weight is 502 g/mol. The fourth-order valence-electron chi connectivity index (χ4n) is 2.84. The predicted octanol–water partition coefficient (Wildman–Crippen LogP) is 5.68. The summed E-state index contributed by atoms with van der Waals surface area (Å²) in [6.07, 6.45) is 0. The van der Waals surface area contributed by atoms with E-state index in [0.717, 1.165) is 27.0 Å². The first kappa shape index (κ1) is 22.8. The Morgan fingerprint density at radius 2 is 1.84 bits per heavy atom. The lowest BCUT2D eigenvalue weighted by atomic mass is 10.0. The molecule has 0 unspecified atom stereocenters. The molecule has 1 aromatic heterocycles. The van der Waals surface area contributed by atoms with Gasteiger partial charge < -0.3 is 14.5 Å². The zero-order valence-corrected chi connectivity index (χ0v) is 19.9. The number of benzene rings is 2. The summed E-state index contributed by atoms with van der Waals surface area (Å²) in [5.74, 6) is 1.44. The third-order valence-electron chi connectivity index (χ3n) is 4.44. The summed E-state index contributed by atoms with van der Waals surface area (Å²) in [6, 6.07) is 17.0. The van der Waals surface area contributed by atoms with Crippen LogP contribution in [0.2, 0.25) is 0 Å². The van der Waals surface area contributed by atoms with E-state index >= 15 is 0 Å². The van der Waals surface area contributed by atoms with Crippen LogP contribution in [0.15, 0.2) is 63.5 Å². The average Bonchev–Trinajstić information content (AvgIpc) is 3.21. The fraction of sp³-hybridized carbons (Fsp3) is 0.217. The van der Waals surface area contributed by atoms with E-state index in [1.54, 1.807) is 12.1 Å². The fourth-order valence-corrected chi connectivity index (χ4v) is 3.27. The van der Waals surface area contributed by atoms with Crippen molar-refractivity contribution in [3.63, 3.8) is 0 Å². The van der Waals surface area contributed by atoms with Crippen molar-refractivity contribution in [3.8, 4) is 5.75 Å². The lowest BCUT2D eigenvalue weighted by Crippen LogP contribution is -2.43. The second kappa shape index (κ2) is 10.5. The lowest BCUT2D eigenvalue weighted by molar-refractivity contribution is 0.0912. The van der Waals surface area contributed by atoms with Crippen molar-refractivity contribution in [1.82, 2.24) is 10.9 Å². The molecule has 0 aliphatic rings. The molecule has 1 heterocycles. The van der Waals surface area contributed by atoms with Crippen LogP contribution in [-0.2, 0) is 6.61 Å². The molecule has 0 saturated carbocycles. The van der Waals surface area contributed by atoms with Gasteiger partial charge in [-0.15, -0.1) is 0 Å². The zero-order chi connectivity index (χ0) is 22.4. The van der Waals surface area contributed by atoms with Gasteiger partial charge in [0.2, 0.25) is 0 Å². The minimum Gasteiger partial charge on any atom is -0.485 e. The number of rotatable bonds is 6. The largest absolute Gasteiger partial charge is 0.485 e. The Hall–Kier alpha value is -2.84. The number of ether oxygens (including phenoxy) is 1. The van der Waals surface area contributed by atoms with Gasteiger partial charge in [0.1, 0.15) is 18.1 Å². The van der Waals surface area contributed by atoms with Crippen molar-refractivity contribution in [1.29, 1.82) is 0 Å². The Labute approximate surface area is 195 Å². The number of thiocarbonyl (C=S) groups is 1. The second-order valence-corrected chi connectivity index (χ2v) is 8.61. The highest BCUT2D eigenvalue weighted by molar-refractivity contribution is 9.10. The first-order chi connectivity index (χ1) is 14.8. The van der Waals surface area contributed by atoms with Crippen LogP contribution in [0, 0.1) is 6.92 Å². The maximum Gasteiger partial charge on any atom is 0.305 e. The summed E-state index contributed by atoms with van der Waals surface area (Å²) < 4.78 is 12.5. The van der Waals surface area contributed by atoms with E-state index in [1.165, 1.54) is 0 Å². The van der Waals surface area contributed by atoms with Crippen LogP contribution in [0.5, 0.6) is 5.75 Å². The second-order valence-electron chi connectivity index (χ2n) is 7.29. The van der Waals surface area contributed by atoms with Crippen LogP contribution in [0.4, 0.5) is 5.69 Å². The highest BCUT2D eigenvalue weighted by Crippen LogP contribution is 2.28. The molecule has 3 rings (SSSR count). The van der Waals surface area contributed by atoms with Crippen molar-refractivity contribution in [2.24, 2.45) is 0 Å². The zero-order valence-electron chi connectivity index (χ0n) is 17.5. The van der Waals surface area contributed by atoms with Gasteiger partial charge in [-0.25, -0.2) is 0 Å². The number of carbonyl (C=O) groups is 1. The van der Waals surface area contributed by atoms with E-state index in [1.807, 2.05) is 37.3 Å². The maximum absolute atomic E-state index is 12.3. The van der Waals surface area contributed by atoms with Crippen LogP contribution in [0.3, 0.4) is 0 Å². The number of anilines is 1. The number of amides is 1. The molecule has 3 aromatic rings. The summed E-state index contributed by atoms with van der Waals surface area (Å²) >= 11 is 8.56. The number of nitrogens with one attached hydrogen (secondary N) is 3. The maximum atomic E-state index is 12.3. The molecule has 0 aliphatic heterocycles. The quantitative estimate of drug-likeness (QED) is 0.297. The highest BCUT2D eigenvalue weighted by Gasteiger charge is 2.13. The number of hydrazine groups is 1. The minimum absolute atomic E-state index is 0.158. The third kappa shape index (κ3) is 6.57. The molecule has 0 saturated heterocycles. The molecule has 0 atom stereocenters. The molecule has 0 bridgehead atoms. The number of aryl methyl sites for hydroxylation is 1. The summed E-state index contributed by atoms with van der Waals surface area (Å²) in [7, 11) is 0. The molecule has 0 spiro atoms. The molecule has 0 radical (unpaired) electrons. The van der Waals surface area contributed by atoms with Gasteiger partial charge in [0.05, 0.1) is 0 Å².